The Morgan fingerprint density at radius 2 is 2.00 bits per heavy atom. The Balaban J connectivity index is 1.87. The van der Waals surface area contributed by atoms with Crippen LogP contribution in [0.4, 0.5) is 8.78 Å². The lowest BCUT2D eigenvalue weighted by molar-refractivity contribution is 0.392. The fourth-order valence-corrected chi connectivity index (χ4v) is 2.39. The Morgan fingerprint density at radius 1 is 1.28 bits per heavy atom. The van der Waals surface area contributed by atoms with Crippen LogP contribution in [0.15, 0.2) is 36.8 Å². The minimum Gasteiger partial charge on any atom is -0.474 e. The maximum Gasteiger partial charge on any atom is 0.256 e. The molecule has 1 N–H and O–H groups in total. The van der Waals surface area contributed by atoms with Gasteiger partial charge < -0.3 is 14.6 Å². The second kappa shape index (κ2) is 6.98. The van der Waals surface area contributed by atoms with E-state index in [0.29, 0.717) is 12.2 Å². The lowest BCUT2D eigenvalue weighted by Crippen LogP contribution is -2.22. The summed E-state index contributed by atoms with van der Waals surface area (Å²) in [5.41, 5.74) is 1.55. The summed E-state index contributed by atoms with van der Waals surface area (Å²) in [6.07, 6.45) is 4.81. The molecule has 0 amide bonds. The molecule has 0 saturated carbocycles. The lowest BCUT2D eigenvalue weighted by Gasteiger charge is -2.09. The molecule has 0 aliphatic carbocycles. The number of thiocarbonyl (C=S) groups is 1. The summed E-state index contributed by atoms with van der Waals surface area (Å²) in [5.74, 6) is -1.39. The molecule has 3 aromatic rings. The van der Waals surface area contributed by atoms with Crippen LogP contribution in [-0.4, -0.2) is 31.8 Å². The maximum atomic E-state index is 14.4. The molecule has 3 rings (SSSR count). The number of methoxy groups -OCH3 is 1. The maximum absolute atomic E-state index is 14.4. The molecule has 130 valence electrons. The summed E-state index contributed by atoms with van der Waals surface area (Å²) in [4.78, 5) is 0. The first-order valence-corrected chi connectivity index (χ1v) is 7.76. The molecule has 1 aromatic carbocycles. The molecule has 0 radical (unpaired) electrons. The summed E-state index contributed by atoms with van der Waals surface area (Å²) in [7, 11) is 1.45. The number of rotatable bonds is 4. The number of nitrogens with zero attached hydrogens (tertiary/aromatic N) is 4. The first-order valence-electron chi connectivity index (χ1n) is 7.35. The molecule has 0 saturated heterocycles. The second-order valence-electron chi connectivity index (χ2n) is 5.35. The van der Waals surface area contributed by atoms with E-state index in [-0.39, 0.29) is 16.5 Å². The quantitative estimate of drug-likeness (QED) is 0.723. The summed E-state index contributed by atoms with van der Waals surface area (Å²) in [5, 5.41) is 10.8. The van der Waals surface area contributed by atoms with Crippen molar-refractivity contribution in [3.63, 3.8) is 0 Å². The van der Waals surface area contributed by atoms with Gasteiger partial charge in [0.05, 0.1) is 25.5 Å². The van der Waals surface area contributed by atoms with E-state index in [1.807, 2.05) is 6.92 Å². The molecule has 6 nitrogen and oxygen atoms in total. The monoisotopic (exact) mass is 363 g/mol. The van der Waals surface area contributed by atoms with Crippen molar-refractivity contribution < 1.29 is 13.5 Å². The van der Waals surface area contributed by atoms with Gasteiger partial charge in [0.15, 0.2) is 11.6 Å². The highest BCUT2D eigenvalue weighted by molar-refractivity contribution is 7.80. The normalized spacial score (nSPS) is 10.7. The SMILES string of the molecule is COC(=S)NCc1cn(-c2cc(F)c(-n3ccc(C)c3)c(F)c2)nn1. The van der Waals surface area contributed by atoms with Crippen LogP contribution in [0.2, 0.25) is 0 Å². The summed E-state index contributed by atoms with van der Waals surface area (Å²) < 4.78 is 36.4. The average Bonchev–Trinajstić information content (AvgIpc) is 3.21. The topological polar surface area (TPSA) is 56.9 Å². The molecule has 2 heterocycles. The molecule has 25 heavy (non-hydrogen) atoms. The van der Waals surface area contributed by atoms with Gasteiger partial charge in [-0.05, 0) is 30.8 Å². The molecule has 0 aliphatic heterocycles. The van der Waals surface area contributed by atoms with Crippen molar-refractivity contribution in [2.75, 3.05) is 7.11 Å². The molecule has 0 fully saturated rings. The van der Waals surface area contributed by atoms with E-state index < -0.39 is 11.6 Å². The predicted octanol–water partition coefficient (Wildman–Crippen LogP) is 2.67. The summed E-state index contributed by atoms with van der Waals surface area (Å²) >= 11 is 4.86. The smallest absolute Gasteiger partial charge is 0.256 e. The Morgan fingerprint density at radius 3 is 2.60 bits per heavy atom. The Kier molecular flexibility index (Phi) is 4.75. The number of hydrogen-bond acceptors (Lipinski definition) is 4. The number of nitrogens with one attached hydrogen (secondary N) is 1. The first-order chi connectivity index (χ1) is 12.0. The van der Waals surface area contributed by atoms with Gasteiger partial charge in [-0.1, -0.05) is 5.21 Å². The van der Waals surface area contributed by atoms with Crippen molar-refractivity contribution in [2.45, 2.75) is 13.5 Å². The molecule has 2 aromatic heterocycles. The molecule has 0 spiro atoms. The van der Waals surface area contributed by atoms with Crippen LogP contribution >= 0.6 is 12.2 Å². The van der Waals surface area contributed by atoms with Crippen LogP contribution in [0.5, 0.6) is 0 Å². The lowest BCUT2D eigenvalue weighted by atomic mass is 10.2. The molecule has 0 aliphatic rings. The number of aryl methyl sites for hydroxylation is 1. The predicted molar refractivity (Wildman–Crippen MR) is 91.8 cm³/mol. The Hall–Kier alpha value is -2.81. The number of aromatic nitrogens is 4. The third-order valence-electron chi connectivity index (χ3n) is 3.51. The number of ether oxygens (including phenoxy) is 1. The largest absolute Gasteiger partial charge is 0.474 e. The van der Waals surface area contributed by atoms with E-state index in [1.54, 1.807) is 24.7 Å². The molecule has 0 atom stereocenters. The molecule has 9 heteroatoms. The summed E-state index contributed by atoms with van der Waals surface area (Å²) in [6.45, 7) is 2.14. The number of benzene rings is 1. The van der Waals surface area contributed by atoms with Crippen molar-refractivity contribution in [3.05, 3.63) is 59.7 Å². The van der Waals surface area contributed by atoms with Crippen LogP contribution < -0.4 is 5.32 Å². The zero-order valence-electron chi connectivity index (χ0n) is 13.5. The highest BCUT2D eigenvalue weighted by atomic mass is 32.1. The van der Waals surface area contributed by atoms with Gasteiger partial charge in [0.25, 0.3) is 5.17 Å². The van der Waals surface area contributed by atoms with Crippen LogP contribution in [0.25, 0.3) is 11.4 Å². The third-order valence-corrected chi connectivity index (χ3v) is 3.82. The van der Waals surface area contributed by atoms with Crippen molar-refractivity contribution in [1.29, 1.82) is 0 Å². The highest BCUT2D eigenvalue weighted by Crippen LogP contribution is 2.22. The zero-order chi connectivity index (χ0) is 18.0. The zero-order valence-corrected chi connectivity index (χ0v) is 14.3. The van der Waals surface area contributed by atoms with Gasteiger partial charge in [-0.2, -0.15) is 0 Å². The number of halogens is 2. The minimum absolute atomic E-state index is 0.135. The first kappa shape index (κ1) is 17.0. The van der Waals surface area contributed by atoms with E-state index in [4.69, 9.17) is 17.0 Å². The van der Waals surface area contributed by atoms with Crippen LogP contribution in [0.3, 0.4) is 0 Å². The molecular weight excluding hydrogens is 348 g/mol. The fourth-order valence-electron chi connectivity index (χ4n) is 2.31. The summed E-state index contributed by atoms with van der Waals surface area (Å²) in [6, 6.07) is 4.19. The van der Waals surface area contributed by atoms with E-state index >= 15 is 0 Å². The van der Waals surface area contributed by atoms with E-state index in [2.05, 4.69) is 15.6 Å². The Bertz CT molecular complexity index is 898. The van der Waals surface area contributed by atoms with Gasteiger partial charge in [0, 0.05) is 24.5 Å². The third kappa shape index (κ3) is 3.66. The van der Waals surface area contributed by atoms with E-state index in [1.165, 1.54) is 28.5 Å². The van der Waals surface area contributed by atoms with Gasteiger partial charge in [-0.25, -0.2) is 13.5 Å². The van der Waals surface area contributed by atoms with Crippen molar-refractivity contribution in [1.82, 2.24) is 24.9 Å². The van der Waals surface area contributed by atoms with Gasteiger partial charge in [-0.3, -0.25) is 0 Å². The van der Waals surface area contributed by atoms with Gasteiger partial charge in [-0.15, -0.1) is 5.10 Å². The van der Waals surface area contributed by atoms with Gasteiger partial charge >= 0.3 is 0 Å². The second-order valence-corrected chi connectivity index (χ2v) is 5.72. The Labute approximate surface area is 148 Å². The molecule has 0 unspecified atom stereocenters. The number of hydrogen-bond donors (Lipinski definition) is 1. The van der Waals surface area contributed by atoms with E-state index in [9.17, 15) is 8.78 Å². The standard InChI is InChI=1S/C16H15F2N5OS/c1-10-3-4-22(8-10)15-13(17)5-12(6-14(15)18)23-9-11(20-21-23)7-19-16(25)24-2/h3-6,8-9H,7H2,1-2H3,(H,19,25). The van der Waals surface area contributed by atoms with Crippen LogP contribution in [0.1, 0.15) is 11.3 Å². The average molecular weight is 363 g/mol. The molecule has 0 bridgehead atoms. The van der Waals surface area contributed by atoms with Gasteiger partial charge in [0.1, 0.15) is 11.4 Å². The van der Waals surface area contributed by atoms with Crippen LogP contribution in [-0.2, 0) is 11.3 Å². The molecular formula is C16H15F2N5OS. The minimum atomic E-state index is -0.693. The van der Waals surface area contributed by atoms with Crippen molar-refractivity contribution >= 4 is 17.4 Å². The van der Waals surface area contributed by atoms with Crippen molar-refractivity contribution in [2.24, 2.45) is 0 Å². The van der Waals surface area contributed by atoms with Crippen molar-refractivity contribution in [3.8, 4) is 11.4 Å². The highest BCUT2D eigenvalue weighted by Gasteiger charge is 2.15. The van der Waals surface area contributed by atoms with Gasteiger partial charge in [0.2, 0.25) is 0 Å². The van der Waals surface area contributed by atoms with E-state index in [0.717, 1.165) is 5.56 Å². The van der Waals surface area contributed by atoms with Crippen LogP contribution in [0, 0.1) is 18.6 Å². The fraction of sp³-hybridized carbons (Fsp3) is 0.188.